The third kappa shape index (κ3) is 3.19. The van der Waals surface area contributed by atoms with Gasteiger partial charge in [-0.05, 0) is 17.7 Å². The lowest BCUT2D eigenvalue weighted by atomic mass is 10.1. The summed E-state index contributed by atoms with van der Waals surface area (Å²) in [6.07, 6.45) is 3.39. The van der Waals surface area contributed by atoms with Crippen LogP contribution in [0.4, 0.5) is 11.6 Å². The van der Waals surface area contributed by atoms with Gasteiger partial charge >= 0.3 is 0 Å². The van der Waals surface area contributed by atoms with E-state index in [1.165, 1.54) is 0 Å². The SMILES string of the molecule is CNc1cncc(N(C)Cc2cccc(C#N)c2)n1. The van der Waals surface area contributed by atoms with Crippen LogP contribution in [0.2, 0.25) is 0 Å². The molecular weight excluding hydrogens is 238 g/mol. The molecule has 0 unspecified atom stereocenters. The lowest BCUT2D eigenvalue weighted by Gasteiger charge is -2.18. The molecule has 96 valence electrons. The molecule has 2 rings (SSSR count). The Morgan fingerprint density at radius 3 is 2.95 bits per heavy atom. The first-order chi connectivity index (χ1) is 9.22. The zero-order valence-corrected chi connectivity index (χ0v) is 11.0. The van der Waals surface area contributed by atoms with Crippen LogP contribution >= 0.6 is 0 Å². The van der Waals surface area contributed by atoms with Crippen molar-refractivity contribution in [2.45, 2.75) is 6.54 Å². The fraction of sp³-hybridized carbons (Fsp3) is 0.214. The van der Waals surface area contributed by atoms with Gasteiger partial charge in [-0.2, -0.15) is 5.26 Å². The van der Waals surface area contributed by atoms with E-state index in [1.807, 2.05) is 37.2 Å². The molecule has 0 saturated heterocycles. The van der Waals surface area contributed by atoms with Gasteiger partial charge in [-0.15, -0.1) is 0 Å². The Morgan fingerprint density at radius 1 is 1.37 bits per heavy atom. The first kappa shape index (κ1) is 12.8. The van der Waals surface area contributed by atoms with E-state index in [9.17, 15) is 0 Å². The van der Waals surface area contributed by atoms with Gasteiger partial charge in [0.05, 0.1) is 24.0 Å². The highest BCUT2D eigenvalue weighted by molar-refractivity contribution is 5.44. The summed E-state index contributed by atoms with van der Waals surface area (Å²) in [5, 5.41) is 11.8. The largest absolute Gasteiger partial charge is 0.372 e. The molecule has 0 atom stereocenters. The summed E-state index contributed by atoms with van der Waals surface area (Å²) in [6, 6.07) is 9.70. The molecule has 5 heteroatoms. The Bertz CT molecular complexity index is 603. The number of rotatable bonds is 4. The van der Waals surface area contributed by atoms with Crippen molar-refractivity contribution in [1.82, 2.24) is 9.97 Å². The lowest BCUT2D eigenvalue weighted by molar-refractivity contribution is 0.890. The van der Waals surface area contributed by atoms with Crippen molar-refractivity contribution in [3.05, 3.63) is 47.8 Å². The van der Waals surface area contributed by atoms with Gasteiger partial charge in [0.1, 0.15) is 11.6 Å². The molecule has 1 heterocycles. The smallest absolute Gasteiger partial charge is 0.149 e. The van der Waals surface area contributed by atoms with E-state index >= 15 is 0 Å². The zero-order chi connectivity index (χ0) is 13.7. The van der Waals surface area contributed by atoms with Gasteiger partial charge in [-0.25, -0.2) is 4.98 Å². The number of hydrogen-bond donors (Lipinski definition) is 1. The van der Waals surface area contributed by atoms with E-state index in [-0.39, 0.29) is 0 Å². The second-order valence-corrected chi connectivity index (χ2v) is 4.18. The van der Waals surface area contributed by atoms with Crippen LogP contribution in [-0.2, 0) is 6.54 Å². The molecule has 19 heavy (non-hydrogen) atoms. The van der Waals surface area contributed by atoms with E-state index in [0.717, 1.165) is 17.2 Å². The maximum absolute atomic E-state index is 8.89. The van der Waals surface area contributed by atoms with Crippen molar-refractivity contribution in [2.75, 3.05) is 24.3 Å². The molecule has 0 spiro atoms. The number of nitriles is 1. The Kier molecular flexibility index (Phi) is 3.94. The molecule has 0 radical (unpaired) electrons. The number of anilines is 2. The fourth-order valence-electron chi connectivity index (χ4n) is 1.75. The van der Waals surface area contributed by atoms with Gasteiger partial charge in [0.2, 0.25) is 0 Å². The number of nitrogens with one attached hydrogen (secondary N) is 1. The molecule has 1 N–H and O–H groups in total. The quantitative estimate of drug-likeness (QED) is 0.903. The van der Waals surface area contributed by atoms with Gasteiger partial charge < -0.3 is 10.2 Å². The van der Waals surface area contributed by atoms with Crippen molar-refractivity contribution >= 4 is 11.6 Å². The van der Waals surface area contributed by atoms with Crippen molar-refractivity contribution in [2.24, 2.45) is 0 Å². The van der Waals surface area contributed by atoms with Crippen LogP contribution in [0.1, 0.15) is 11.1 Å². The summed E-state index contributed by atoms with van der Waals surface area (Å²) in [6.45, 7) is 0.678. The molecule has 0 saturated carbocycles. The third-order valence-corrected chi connectivity index (χ3v) is 2.74. The lowest BCUT2D eigenvalue weighted by Crippen LogP contribution is -2.18. The van der Waals surface area contributed by atoms with Gasteiger partial charge in [0, 0.05) is 20.6 Å². The summed E-state index contributed by atoms with van der Waals surface area (Å²) in [4.78, 5) is 10.5. The predicted molar refractivity (Wildman–Crippen MR) is 74.8 cm³/mol. The average molecular weight is 253 g/mol. The Balaban J connectivity index is 2.15. The Morgan fingerprint density at radius 2 is 2.21 bits per heavy atom. The van der Waals surface area contributed by atoms with E-state index in [1.54, 1.807) is 18.5 Å². The summed E-state index contributed by atoms with van der Waals surface area (Å²) in [7, 11) is 3.76. The van der Waals surface area contributed by atoms with Crippen molar-refractivity contribution < 1.29 is 0 Å². The minimum absolute atomic E-state index is 0.668. The number of nitrogens with zero attached hydrogens (tertiary/aromatic N) is 4. The number of aromatic nitrogens is 2. The molecule has 1 aromatic carbocycles. The van der Waals surface area contributed by atoms with Crippen molar-refractivity contribution in [3.8, 4) is 6.07 Å². The number of benzene rings is 1. The van der Waals surface area contributed by atoms with Crippen LogP contribution in [-0.4, -0.2) is 24.1 Å². The maximum atomic E-state index is 8.89. The zero-order valence-electron chi connectivity index (χ0n) is 11.0. The van der Waals surface area contributed by atoms with Gasteiger partial charge in [-0.3, -0.25) is 4.98 Å². The molecule has 5 nitrogen and oxygen atoms in total. The van der Waals surface area contributed by atoms with E-state index < -0.39 is 0 Å². The van der Waals surface area contributed by atoms with Crippen LogP contribution in [0.5, 0.6) is 0 Å². The first-order valence-corrected chi connectivity index (χ1v) is 5.93. The Hall–Kier alpha value is -2.61. The van der Waals surface area contributed by atoms with Crippen LogP contribution < -0.4 is 10.2 Å². The molecular formula is C14H15N5. The molecule has 0 aliphatic rings. The molecule has 0 amide bonds. The van der Waals surface area contributed by atoms with Crippen LogP contribution in [0.25, 0.3) is 0 Å². The second kappa shape index (κ2) is 5.83. The van der Waals surface area contributed by atoms with Crippen LogP contribution in [0.3, 0.4) is 0 Å². The highest BCUT2D eigenvalue weighted by Crippen LogP contribution is 2.14. The molecule has 0 fully saturated rings. The molecule has 0 aliphatic heterocycles. The molecule has 1 aromatic heterocycles. The van der Waals surface area contributed by atoms with Crippen molar-refractivity contribution in [3.63, 3.8) is 0 Å². The summed E-state index contributed by atoms with van der Waals surface area (Å²) >= 11 is 0. The van der Waals surface area contributed by atoms with E-state index in [0.29, 0.717) is 12.1 Å². The van der Waals surface area contributed by atoms with Gasteiger partial charge in [0.15, 0.2) is 0 Å². The normalized spacial score (nSPS) is 9.74. The van der Waals surface area contributed by atoms with Gasteiger partial charge in [-0.1, -0.05) is 12.1 Å². The number of hydrogen-bond acceptors (Lipinski definition) is 5. The summed E-state index contributed by atoms with van der Waals surface area (Å²) < 4.78 is 0. The Labute approximate surface area is 112 Å². The van der Waals surface area contributed by atoms with Crippen LogP contribution in [0.15, 0.2) is 36.7 Å². The highest BCUT2D eigenvalue weighted by atomic mass is 15.2. The maximum Gasteiger partial charge on any atom is 0.149 e. The minimum atomic E-state index is 0.668. The van der Waals surface area contributed by atoms with Crippen molar-refractivity contribution in [1.29, 1.82) is 5.26 Å². The fourth-order valence-corrected chi connectivity index (χ4v) is 1.75. The average Bonchev–Trinajstić information content (AvgIpc) is 2.47. The summed E-state index contributed by atoms with van der Waals surface area (Å²) in [5.41, 5.74) is 1.74. The first-order valence-electron chi connectivity index (χ1n) is 5.93. The second-order valence-electron chi connectivity index (χ2n) is 4.18. The molecule has 2 aromatic rings. The van der Waals surface area contributed by atoms with Gasteiger partial charge in [0.25, 0.3) is 0 Å². The molecule has 0 bridgehead atoms. The topological polar surface area (TPSA) is 64.8 Å². The van der Waals surface area contributed by atoms with E-state index in [4.69, 9.17) is 5.26 Å². The predicted octanol–water partition coefficient (Wildman–Crippen LogP) is 2.03. The third-order valence-electron chi connectivity index (χ3n) is 2.74. The standard InChI is InChI=1S/C14H15N5/c1-16-13-8-17-9-14(18-13)19(2)10-12-5-3-4-11(6-12)7-15/h3-6,8-9H,10H2,1-2H3,(H,16,18). The molecule has 0 aliphatic carbocycles. The monoisotopic (exact) mass is 253 g/mol. The minimum Gasteiger partial charge on any atom is -0.372 e. The van der Waals surface area contributed by atoms with E-state index in [2.05, 4.69) is 21.4 Å². The highest BCUT2D eigenvalue weighted by Gasteiger charge is 2.05. The van der Waals surface area contributed by atoms with Crippen LogP contribution in [0, 0.1) is 11.3 Å². The summed E-state index contributed by atoms with van der Waals surface area (Å²) in [5.74, 6) is 1.52.